The Morgan fingerprint density at radius 2 is 2.06 bits per heavy atom. The molecular weight excluding hydrogens is 312 g/mol. The second kappa shape index (κ2) is 6.68. The van der Waals surface area contributed by atoms with Crippen LogP contribution in [0.5, 0.6) is 0 Å². The van der Waals surface area contributed by atoms with Gasteiger partial charge in [0.2, 0.25) is 5.91 Å². The number of halogens is 1. The zero-order valence-electron chi connectivity index (χ0n) is 11.3. The molecule has 1 atom stereocenters. The number of hydrogen-bond acceptors (Lipinski definition) is 3. The predicted molar refractivity (Wildman–Crippen MR) is 80.9 cm³/mol. The molecule has 5 heteroatoms. The molecule has 1 amide bonds. The number of carbonyl (C=O) groups is 1. The molecule has 0 aromatic carbocycles. The first-order chi connectivity index (χ1) is 8.30. The Hall–Kier alpha value is -0.390. The molecule has 0 bridgehead atoms. The molecule has 2 N–H and O–H groups in total. The van der Waals surface area contributed by atoms with E-state index in [1.54, 1.807) is 11.3 Å². The van der Waals surface area contributed by atoms with Crippen molar-refractivity contribution in [2.75, 3.05) is 13.1 Å². The fraction of sp³-hybridized carbons (Fsp3) is 0.615. The minimum absolute atomic E-state index is 0.0934. The number of rotatable bonds is 5. The average Bonchev–Trinajstić information content (AvgIpc) is 2.69. The highest BCUT2D eigenvalue weighted by molar-refractivity contribution is 9.11. The van der Waals surface area contributed by atoms with Crippen LogP contribution in [0.3, 0.4) is 0 Å². The van der Waals surface area contributed by atoms with Crippen molar-refractivity contribution in [1.82, 2.24) is 10.6 Å². The van der Waals surface area contributed by atoms with E-state index in [0.29, 0.717) is 12.6 Å². The SMILES string of the molecule is CC(NCCNC(=O)C(C)(C)C)c1ccc(Br)s1. The van der Waals surface area contributed by atoms with Crippen molar-refractivity contribution in [3.63, 3.8) is 0 Å². The fourth-order valence-corrected chi connectivity index (χ4v) is 2.84. The van der Waals surface area contributed by atoms with Crippen molar-refractivity contribution in [2.45, 2.75) is 33.7 Å². The molecule has 1 aromatic rings. The highest BCUT2D eigenvalue weighted by Gasteiger charge is 2.20. The summed E-state index contributed by atoms with van der Waals surface area (Å²) in [7, 11) is 0. The first kappa shape index (κ1) is 15.7. The van der Waals surface area contributed by atoms with E-state index < -0.39 is 0 Å². The van der Waals surface area contributed by atoms with Crippen molar-refractivity contribution in [1.29, 1.82) is 0 Å². The van der Waals surface area contributed by atoms with Crippen LogP contribution in [0.25, 0.3) is 0 Å². The van der Waals surface area contributed by atoms with Gasteiger partial charge in [-0.05, 0) is 35.0 Å². The van der Waals surface area contributed by atoms with Crippen molar-refractivity contribution >= 4 is 33.2 Å². The van der Waals surface area contributed by atoms with Crippen molar-refractivity contribution < 1.29 is 4.79 Å². The Balaban J connectivity index is 2.24. The van der Waals surface area contributed by atoms with Gasteiger partial charge in [-0.15, -0.1) is 11.3 Å². The molecule has 0 aliphatic rings. The second-order valence-electron chi connectivity index (χ2n) is 5.32. The van der Waals surface area contributed by atoms with Crippen LogP contribution in [-0.2, 0) is 4.79 Å². The smallest absolute Gasteiger partial charge is 0.225 e. The molecule has 0 fully saturated rings. The molecule has 0 spiro atoms. The molecule has 1 rings (SSSR count). The van der Waals surface area contributed by atoms with Crippen LogP contribution in [0.2, 0.25) is 0 Å². The van der Waals surface area contributed by atoms with E-state index in [2.05, 4.69) is 45.6 Å². The largest absolute Gasteiger partial charge is 0.354 e. The monoisotopic (exact) mass is 332 g/mol. The summed E-state index contributed by atoms with van der Waals surface area (Å²) in [6.45, 7) is 9.32. The van der Waals surface area contributed by atoms with Crippen LogP contribution >= 0.6 is 27.3 Å². The predicted octanol–water partition coefficient (Wildman–Crippen LogP) is 3.32. The number of thiophene rings is 1. The van der Waals surface area contributed by atoms with Crippen molar-refractivity contribution in [3.05, 3.63) is 20.8 Å². The molecule has 0 aliphatic heterocycles. The van der Waals surface area contributed by atoms with E-state index in [1.165, 1.54) is 4.88 Å². The lowest BCUT2D eigenvalue weighted by Gasteiger charge is -2.18. The van der Waals surface area contributed by atoms with Crippen molar-refractivity contribution in [2.24, 2.45) is 5.41 Å². The number of hydrogen-bond donors (Lipinski definition) is 2. The normalized spacial score (nSPS) is 13.4. The summed E-state index contributed by atoms with van der Waals surface area (Å²) >= 11 is 5.19. The summed E-state index contributed by atoms with van der Waals surface area (Å²) in [5.41, 5.74) is -0.315. The van der Waals surface area contributed by atoms with Gasteiger partial charge in [-0.25, -0.2) is 0 Å². The molecule has 1 heterocycles. The standard InChI is InChI=1S/C13H21BrN2OS/c1-9(10-5-6-11(14)18-10)15-7-8-16-12(17)13(2,3)4/h5-6,9,15H,7-8H2,1-4H3,(H,16,17). The summed E-state index contributed by atoms with van der Waals surface area (Å²) < 4.78 is 1.15. The molecule has 1 aromatic heterocycles. The summed E-state index contributed by atoms with van der Waals surface area (Å²) in [6.07, 6.45) is 0. The minimum Gasteiger partial charge on any atom is -0.354 e. The zero-order chi connectivity index (χ0) is 13.8. The first-order valence-corrected chi connectivity index (χ1v) is 7.68. The highest BCUT2D eigenvalue weighted by atomic mass is 79.9. The summed E-state index contributed by atoms with van der Waals surface area (Å²) in [5.74, 6) is 0.0934. The first-order valence-electron chi connectivity index (χ1n) is 6.07. The molecule has 102 valence electrons. The highest BCUT2D eigenvalue weighted by Crippen LogP contribution is 2.26. The van der Waals surface area contributed by atoms with Gasteiger partial charge in [0.05, 0.1) is 3.79 Å². The van der Waals surface area contributed by atoms with Crippen LogP contribution < -0.4 is 10.6 Å². The molecular formula is C13H21BrN2OS. The van der Waals surface area contributed by atoms with Crippen molar-refractivity contribution in [3.8, 4) is 0 Å². The van der Waals surface area contributed by atoms with E-state index in [4.69, 9.17) is 0 Å². The Morgan fingerprint density at radius 3 is 2.56 bits per heavy atom. The van der Waals surface area contributed by atoms with E-state index >= 15 is 0 Å². The van der Waals surface area contributed by atoms with Gasteiger partial charge in [-0.3, -0.25) is 4.79 Å². The van der Waals surface area contributed by atoms with E-state index in [-0.39, 0.29) is 11.3 Å². The van der Waals surface area contributed by atoms with Crippen LogP contribution in [0.1, 0.15) is 38.6 Å². The van der Waals surface area contributed by atoms with Crippen LogP contribution in [0.4, 0.5) is 0 Å². The maximum atomic E-state index is 11.6. The molecule has 0 saturated carbocycles. The Morgan fingerprint density at radius 1 is 1.39 bits per heavy atom. The van der Waals surface area contributed by atoms with Gasteiger partial charge in [0.1, 0.15) is 0 Å². The van der Waals surface area contributed by atoms with E-state index in [1.807, 2.05) is 20.8 Å². The molecule has 0 saturated heterocycles. The Kier molecular flexibility index (Phi) is 5.82. The molecule has 0 radical (unpaired) electrons. The lowest BCUT2D eigenvalue weighted by atomic mass is 9.96. The van der Waals surface area contributed by atoms with Crippen LogP contribution in [-0.4, -0.2) is 19.0 Å². The molecule has 1 unspecified atom stereocenters. The van der Waals surface area contributed by atoms with Gasteiger partial charge in [0.15, 0.2) is 0 Å². The minimum atomic E-state index is -0.315. The quantitative estimate of drug-likeness (QED) is 0.812. The topological polar surface area (TPSA) is 41.1 Å². The number of amides is 1. The second-order valence-corrected chi connectivity index (χ2v) is 7.82. The maximum absolute atomic E-state index is 11.6. The van der Waals surface area contributed by atoms with Gasteiger partial charge in [0, 0.05) is 29.4 Å². The number of nitrogens with one attached hydrogen (secondary N) is 2. The third kappa shape index (κ3) is 5.08. The molecule has 0 aliphatic carbocycles. The summed E-state index contributed by atoms with van der Waals surface area (Å²) in [6, 6.07) is 4.48. The van der Waals surface area contributed by atoms with E-state index in [9.17, 15) is 4.79 Å². The summed E-state index contributed by atoms with van der Waals surface area (Å²) in [4.78, 5) is 12.9. The van der Waals surface area contributed by atoms with Crippen LogP contribution in [0, 0.1) is 5.41 Å². The Bertz CT molecular complexity index is 398. The lowest BCUT2D eigenvalue weighted by molar-refractivity contribution is -0.128. The lowest BCUT2D eigenvalue weighted by Crippen LogP contribution is -2.39. The van der Waals surface area contributed by atoms with Gasteiger partial charge >= 0.3 is 0 Å². The van der Waals surface area contributed by atoms with Gasteiger partial charge in [0.25, 0.3) is 0 Å². The molecule has 18 heavy (non-hydrogen) atoms. The zero-order valence-corrected chi connectivity index (χ0v) is 13.7. The third-order valence-corrected chi connectivity index (χ3v) is 4.37. The fourth-order valence-electron chi connectivity index (χ4n) is 1.39. The van der Waals surface area contributed by atoms with Gasteiger partial charge < -0.3 is 10.6 Å². The maximum Gasteiger partial charge on any atom is 0.225 e. The third-order valence-electron chi connectivity index (χ3n) is 2.56. The Labute approximate surface area is 121 Å². The molecule has 3 nitrogen and oxygen atoms in total. The summed E-state index contributed by atoms with van der Waals surface area (Å²) in [5, 5.41) is 6.32. The van der Waals surface area contributed by atoms with Gasteiger partial charge in [-0.2, -0.15) is 0 Å². The van der Waals surface area contributed by atoms with E-state index in [0.717, 1.165) is 10.3 Å². The average molecular weight is 333 g/mol. The van der Waals surface area contributed by atoms with Crippen LogP contribution in [0.15, 0.2) is 15.9 Å². The van der Waals surface area contributed by atoms with Gasteiger partial charge in [-0.1, -0.05) is 20.8 Å². The number of carbonyl (C=O) groups excluding carboxylic acids is 1.